The van der Waals surface area contributed by atoms with E-state index in [0.717, 1.165) is 0 Å². The van der Waals surface area contributed by atoms with Crippen LogP contribution in [0.2, 0.25) is 0 Å². The molecular formula is C14H22O2. The third-order valence-corrected chi connectivity index (χ3v) is 5.13. The van der Waals surface area contributed by atoms with Gasteiger partial charge in [0, 0.05) is 5.57 Å². The molecule has 2 aliphatic rings. The number of carboxylic acid groups (broad SMARTS) is 1. The maximum Gasteiger partial charge on any atom is 0.330 e. The Morgan fingerprint density at radius 1 is 1.19 bits per heavy atom. The first-order chi connectivity index (χ1) is 7.49. The fourth-order valence-corrected chi connectivity index (χ4v) is 4.11. The van der Waals surface area contributed by atoms with Crippen molar-refractivity contribution in [2.24, 2.45) is 10.8 Å². The lowest BCUT2D eigenvalue weighted by atomic mass is 9.63. The molecule has 2 rings (SSSR count). The zero-order valence-corrected chi connectivity index (χ0v) is 10.2. The molecule has 0 amide bonds. The van der Waals surface area contributed by atoms with Crippen molar-refractivity contribution >= 4 is 5.97 Å². The molecule has 2 saturated carbocycles. The average molecular weight is 222 g/mol. The van der Waals surface area contributed by atoms with E-state index in [-0.39, 0.29) is 5.41 Å². The number of hydrogen-bond acceptors (Lipinski definition) is 1. The SMILES string of the molecule is C=C(CC1(C)CCCC12CCCC2)C(=O)O. The summed E-state index contributed by atoms with van der Waals surface area (Å²) in [7, 11) is 0. The van der Waals surface area contributed by atoms with Gasteiger partial charge < -0.3 is 5.11 Å². The standard InChI is InChI=1S/C14H22O2/c1-11(12(15)16)10-13(2)6-5-9-14(13)7-3-4-8-14/h1,3-10H2,2H3,(H,15,16). The van der Waals surface area contributed by atoms with Gasteiger partial charge in [-0.05, 0) is 42.9 Å². The van der Waals surface area contributed by atoms with E-state index in [1.54, 1.807) is 0 Å². The summed E-state index contributed by atoms with van der Waals surface area (Å²) < 4.78 is 0. The molecule has 1 N–H and O–H groups in total. The molecule has 90 valence electrons. The summed E-state index contributed by atoms with van der Waals surface area (Å²) in [4.78, 5) is 10.9. The predicted octanol–water partition coefficient (Wildman–Crippen LogP) is 3.77. The number of rotatable bonds is 3. The second-order valence-electron chi connectivity index (χ2n) is 5.99. The Balaban J connectivity index is 2.16. The average Bonchev–Trinajstić information content (AvgIpc) is 2.78. The normalized spacial score (nSPS) is 32.1. The summed E-state index contributed by atoms with van der Waals surface area (Å²) in [6.07, 6.45) is 9.69. The molecule has 0 aromatic heterocycles. The van der Waals surface area contributed by atoms with Gasteiger partial charge in [0.1, 0.15) is 0 Å². The van der Waals surface area contributed by atoms with Crippen LogP contribution in [-0.4, -0.2) is 11.1 Å². The van der Waals surface area contributed by atoms with Gasteiger partial charge in [-0.25, -0.2) is 4.79 Å². The number of carbonyl (C=O) groups is 1. The summed E-state index contributed by atoms with van der Waals surface area (Å²) in [6.45, 7) is 6.01. The van der Waals surface area contributed by atoms with E-state index in [9.17, 15) is 4.79 Å². The minimum Gasteiger partial charge on any atom is -0.478 e. The Bertz CT molecular complexity index is 307. The highest BCUT2D eigenvalue weighted by Crippen LogP contribution is 2.63. The monoisotopic (exact) mass is 222 g/mol. The summed E-state index contributed by atoms with van der Waals surface area (Å²) in [5.74, 6) is -0.818. The second-order valence-corrected chi connectivity index (χ2v) is 5.99. The molecule has 0 aromatic rings. The van der Waals surface area contributed by atoms with Gasteiger partial charge in [0.2, 0.25) is 0 Å². The summed E-state index contributed by atoms with van der Waals surface area (Å²) in [5, 5.41) is 8.99. The van der Waals surface area contributed by atoms with Crippen LogP contribution in [0.15, 0.2) is 12.2 Å². The first-order valence-electron chi connectivity index (χ1n) is 6.40. The van der Waals surface area contributed by atoms with Crippen molar-refractivity contribution in [2.45, 2.75) is 58.3 Å². The first-order valence-corrected chi connectivity index (χ1v) is 6.40. The molecular weight excluding hydrogens is 200 g/mol. The highest BCUT2D eigenvalue weighted by molar-refractivity contribution is 5.85. The van der Waals surface area contributed by atoms with Gasteiger partial charge in [0.05, 0.1) is 0 Å². The molecule has 0 bridgehead atoms. The molecule has 0 aromatic carbocycles. The second kappa shape index (κ2) is 3.90. The molecule has 2 heteroatoms. The highest BCUT2D eigenvalue weighted by atomic mass is 16.4. The van der Waals surface area contributed by atoms with Crippen LogP contribution >= 0.6 is 0 Å². The van der Waals surface area contributed by atoms with Gasteiger partial charge in [0.15, 0.2) is 0 Å². The highest BCUT2D eigenvalue weighted by Gasteiger charge is 2.52. The van der Waals surface area contributed by atoms with Crippen LogP contribution in [0, 0.1) is 10.8 Å². The van der Waals surface area contributed by atoms with Crippen LogP contribution in [0.3, 0.4) is 0 Å². The van der Waals surface area contributed by atoms with Crippen molar-refractivity contribution in [3.63, 3.8) is 0 Å². The Kier molecular flexibility index (Phi) is 2.85. The zero-order valence-electron chi connectivity index (χ0n) is 10.2. The molecule has 2 aliphatic carbocycles. The lowest BCUT2D eigenvalue weighted by molar-refractivity contribution is -0.133. The fourth-order valence-electron chi connectivity index (χ4n) is 4.11. The fraction of sp³-hybridized carbons (Fsp3) is 0.786. The van der Waals surface area contributed by atoms with Crippen LogP contribution in [0.5, 0.6) is 0 Å². The van der Waals surface area contributed by atoms with Crippen LogP contribution in [0.1, 0.15) is 58.3 Å². The number of hydrogen-bond donors (Lipinski definition) is 1. The minimum absolute atomic E-state index is 0.193. The summed E-state index contributed by atoms with van der Waals surface area (Å²) in [5.41, 5.74) is 1.03. The smallest absolute Gasteiger partial charge is 0.330 e. The van der Waals surface area contributed by atoms with Crippen LogP contribution in [0.25, 0.3) is 0 Å². The predicted molar refractivity (Wildman–Crippen MR) is 64.3 cm³/mol. The quantitative estimate of drug-likeness (QED) is 0.738. The van der Waals surface area contributed by atoms with Gasteiger partial charge in [-0.15, -0.1) is 0 Å². The van der Waals surface area contributed by atoms with E-state index in [2.05, 4.69) is 13.5 Å². The van der Waals surface area contributed by atoms with Crippen molar-refractivity contribution in [3.05, 3.63) is 12.2 Å². The Hall–Kier alpha value is -0.790. The van der Waals surface area contributed by atoms with E-state index >= 15 is 0 Å². The van der Waals surface area contributed by atoms with Crippen molar-refractivity contribution in [1.29, 1.82) is 0 Å². The molecule has 16 heavy (non-hydrogen) atoms. The van der Waals surface area contributed by atoms with Crippen LogP contribution in [0.4, 0.5) is 0 Å². The molecule has 0 aliphatic heterocycles. The van der Waals surface area contributed by atoms with Crippen molar-refractivity contribution in [3.8, 4) is 0 Å². The van der Waals surface area contributed by atoms with Crippen molar-refractivity contribution < 1.29 is 9.90 Å². The van der Waals surface area contributed by atoms with Crippen molar-refractivity contribution in [1.82, 2.24) is 0 Å². The van der Waals surface area contributed by atoms with Crippen molar-refractivity contribution in [2.75, 3.05) is 0 Å². The third kappa shape index (κ3) is 1.68. The molecule has 1 spiro atoms. The topological polar surface area (TPSA) is 37.3 Å². The van der Waals surface area contributed by atoms with Gasteiger partial charge in [-0.2, -0.15) is 0 Å². The van der Waals surface area contributed by atoms with E-state index in [1.807, 2.05) is 0 Å². The Morgan fingerprint density at radius 3 is 2.31 bits per heavy atom. The minimum atomic E-state index is -0.818. The van der Waals surface area contributed by atoms with Gasteiger partial charge in [-0.1, -0.05) is 32.8 Å². The molecule has 2 nitrogen and oxygen atoms in total. The first kappa shape index (κ1) is 11.7. The molecule has 2 fully saturated rings. The summed E-state index contributed by atoms with van der Waals surface area (Å²) >= 11 is 0. The molecule has 0 saturated heterocycles. The van der Waals surface area contributed by atoms with Gasteiger partial charge in [-0.3, -0.25) is 0 Å². The van der Waals surface area contributed by atoms with Gasteiger partial charge in [0.25, 0.3) is 0 Å². The summed E-state index contributed by atoms with van der Waals surface area (Å²) in [6, 6.07) is 0. The largest absolute Gasteiger partial charge is 0.478 e. The number of carboxylic acids is 1. The van der Waals surface area contributed by atoms with E-state index < -0.39 is 5.97 Å². The Labute approximate surface area is 97.7 Å². The maximum absolute atomic E-state index is 10.9. The van der Waals surface area contributed by atoms with Crippen LogP contribution in [-0.2, 0) is 4.79 Å². The third-order valence-electron chi connectivity index (χ3n) is 5.13. The van der Waals surface area contributed by atoms with E-state index in [4.69, 9.17) is 5.11 Å². The van der Waals surface area contributed by atoms with E-state index in [0.29, 0.717) is 17.4 Å². The number of aliphatic carboxylic acids is 1. The molecule has 0 radical (unpaired) electrons. The lowest BCUT2D eigenvalue weighted by Crippen LogP contribution is -2.33. The van der Waals surface area contributed by atoms with E-state index in [1.165, 1.54) is 44.9 Å². The molecule has 1 atom stereocenters. The molecule has 1 unspecified atom stereocenters. The van der Waals surface area contributed by atoms with Gasteiger partial charge >= 0.3 is 5.97 Å². The van der Waals surface area contributed by atoms with Crippen LogP contribution < -0.4 is 0 Å². The zero-order chi connectivity index (χ0) is 11.8. The maximum atomic E-state index is 10.9. The molecule has 0 heterocycles. The lowest BCUT2D eigenvalue weighted by Gasteiger charge is -2.41. The Morgan fingerprint density at radius 2 is 1.75 bits per heavy atom.